The standard InChI is InChI=1S/C13H10F3N.C4H11N.C3H8.2C2H6/c1-17(10-4-2-9(14)3-5-10)11-6-7-12(15)13(16)8-11;1-4(2)5-3;1-3-2;2*1-2/h2-8H,1H3;4-5H,1-3H3;3H2,1-2H3;2*1-2H3. The summed E-state index contributed by atoms with van der Waals surface area (Å²) in [5.41, 5.74) is 1.19. The van der Waals surface area contributed by atoms with Crippen LogP contribution in [0.25, 0.3) is 0 Å². The van der Waals surface area contributed by atoms with Crippen LogP contribution in [-0.4, -0.2) is 20.1 Å². The third-order valence-corrected chi connectivity index (χ3v) is 3.08. The molecule has 29 heavy (non-hydrogen) atoms. The summed E-state index contributed by atoms with van der Waals surface area (Å²) >= 11 is 0. The molecule has 0 fully saturated rings. The largest absolute Gasteiger partial charge is 0.345 e. The third-order valence-electron chi connectivity index (χ3n) is 3.08. The molecule has 0 aliphatic heterocycles. The van der Waals surface area contributed by atoms with E-state index in [1.807, 2.05) is 34.7 Å². The minimum Gasteiger partial charge on any atom is -0.345 e. The van der Waals surface area contributed by atoms with Gasteiger partial charge in [-0.05, 0) is 43.4 Å². The third kappa shape index (κ3) is 15.6. The predicted molar refractivity (Wildman–Crippen MR) is 124 cm³/mol. The Bertz CT molecular complexity index is 600. The van der Waals surface area contributed by atoms with Crippen LogP contribution in [0.3, 0.4) is 0 Å². The lowest BCUT2D eigenvalue weighted by Gasteiger charge is -2.19. The lowest BCUT2D eigenvalue weighted by atomic mass is 10.2. The van der Waals surface area contributed by atoms with Crippen molar-refractivity contribution in [3.8, 4) is 0 Å². The number of nitrogens with one attached hydrogen (secondary N) is 1. The molecule has 2 nitrogen and oxygen atoms in total. The van der Waals surface area contributed by atoms with Crippen LogP contribution < -0.4 is 10.2 Å². The number of halogens is 3. The molecule has 0 aliphatic carbocycles. The van der Waals surface area contributed by atoms with Crippen LogP contribution in [0, 0.1) is 17.5 Å². The number of benzene rings is 2. The minimum atomic E-state index is -0.906. The normalized spacial score (nSPS) is 8.76. The Labute approximate surface area is 177 Å². The van der Waals surface area contributed by atoms with Crippen molar-refractivity contribution in [2.24, 2.45) is 0 Å². The second kappa shape index (κ2) is 20.7. The van der Waals surface area contributed by atoms with Gasteiger partial charge in [0.25, 0.3) is 0 Å². The number of anilines is 2. The second-order valence-corrected chi connectivity index (χ2v) is 5.78. The number of hydrogen-bond donors (Lipinski definition) is 1. The van der Waals surface area contributed by atoms with E-state index in [1.165, 1.54) is 24.6 Å². The van der Waals surface area contributed by atoms with Crippen molar-refractivity contribution in [1.82, 2.24) is 5.32 Å². The van der Waals surface area contributed by atoms with Crippen LogP contribution in [0.4, 0.5) is 24.5 Å². The summed E-state index contributed by atoms with van der Waals surface area (Å²) in [6, 6.07) is 10.0. The summed E-state index contributed by atoms with van der Waals surface area (Å²) < 4.78 is 38.6. The van der Waals surface area contributed by atoms with Gasteiger partial charge < -0.3 is 10.2 Å². The molecule has 2 aromatic rings. The van der Waals surface area contributed by atoms with Gasteiger partial charge in [0.1, 0.15) is 5.82 Å². The smallest absolute Gasteiger partial charge is 0.160 e. The van der Waals surface area contributed by atoms with Gasteiger partial charge in [-0.25, -0.2) is 13.2 Å². The van der Waals surface area contributed by atoms with Crippen molar-refractivity contribution >= 4 is 11.4 Å². The molecule has 0 aliphatic rings. The predicted octanol–water partition coefficient (Wildman–Crippen LogP) is 7.95. The Morgan fingerprint density at radius 2 is 1.17 bits per heavy atom. The molecule has 0 atom stereocenters. The van der Waals surface area contributed by atoms with Gasteiger partial charge in [-0.1, -0.05) is 61.8 Å². The summed E-state index contributed by atoms with van der Waals surface area (Å²) in [5.74, 6) is -2.13. The monoisotopic (exact) mass is 414 g/mol. The van der Waals surface area contributed by atoms with Crippen molar-refractivity contribution in [1.29, 1.82) is 0 Å². The Balaban J connectivity index is -0.000000473. The molecule has 2 rings (SSSR count). The SMILES string of the molecule is CC.CC.CCC.CN(c1ccc(F)cc1)c1ccc(F)c(F)c1.CNC(C)C. The fraction of sp³-hybridized carbons (Fsp3) is 0.500. The molecule has 0 aromatic heterocycles. The van der Waals surface area contributed by atoms with Crippen LogP contribution in [0.1, 0.15) is 61.8 Å². The molecule has 0 amide bonds. The van der Waals surface area contributed by atoms with Crippen molar-refractivity contribution in [2.45, 2.75) is 67.9 Å². The van der Waals surface area contributed by atoms with Gasteiger partial charge in [-0.15, -0.1) is 0 Å². The van der Waals surface area contributed by atoms with Crippen LogP contribution in [0.5, 0.6) is 0 Å². The van der Waals surface area contributed by atoms with Crippen molar-refractivity contribution in [3.63, 3.8) is 0 Å². The van der Waals surface area contributed by atoms with Crippen LogP contribution in [0.15, 0.2) is 42.5 Å². The molecule has 0 radical (unpaired) electrons. The lowest BCUT2D eigenvalue weighted by Crippen LogP contribution is -2.15. The second-order valence-electron chi connectivity index (χ2n) is 5.78. The van der Waals surface area contributed by atoms with E-state index in [0.29, 0.717) is 17.4 Å². The average Bonchev–Trinajstić information content (AvgIpc) is 2.74. The molecule has 168 valence electrons. The van der Waals surface area contributed by atoms with Gasteiger partial charge in [0, 0.05) is 30.5 Å². The molecule has 5 heteroatoms. The average molecular weight is 415 g/mol. The summed E-state index contributed by atoms with van der Waals surface area (Å²) in [6.07, 6.45) is 1.25. The fourth-order valence-corrected chi connectivity index (χ4v) is 1.51. The molecule has 2 aromatic carbocycles. The molecule has 1 N–H and O–H groups in total. The Morgan fingerprint density at radius 1 is 0.793 bits per heavy atom. The van der Waals surface area contributed by atoms with Crippen molar-refractivity contribution in [2.75, 3.05) is 19.0 Å². The Hall–Kier alpha value is -2.01. The quantitative estimate of drug-likeness (QED) is 0.548. The van der Waals surface area contributed by atoms with Crippen LogP contribution >= 0.6 is 0 Å². The van der Waals surface area contributed by atoms with Crippen molar-refractivity contribution in [3.05, 3.63) is 59.9 Å². The van der Waals surface area contributed by atoms with Gasteiger partial charge in [-0.2, -0.15) is 0 Å². The molecule has 0 unspecified atom stereocenters. The highest BCUT2D eigenvalue weighted by Crippen LogP contribution is 2.24. The topological polar surface area (TPSA) is 15.3 Å². The number of nitrogens with zero attached hydrogens (tertiary/aromatic N) is 1. The van der Waals surface area contributed by atoms with Gasteiger partial charge >= 0.3 is 0 Å². The van der Waals surface area contributed by atoms with Crippen LogP contribution in [0.2, 0.25) is 0 Å². The maximum Gasteiger partial charge on any atom is 0.160 e. The highest BCUT2D eigenvalue weighted by molar-refractivity contribution is 5.62. The highest BCUT2D eigenvalue weighted by atomic mass is 19.2. The van der Waals surface area contributed by atoms with E-state index >= 15 is 0 Å². The van der Waals surface area contributed by atoms with Gasteiger partial charge in [0.2, 0.25) is 0 Å². The van der Waals surface area contributed by atoms with E-state index in [4.69, 9.17) is 0 Å². The zero-order chi connectivity index (χ0) is 23.4. The first kappa shape index (κ1) is 31.7. The van der Waals surface area contributed by atoms with E-state index in [9.17, 15) is 13.2 Å². The summed E-state index contributed by atoms with van der Waals surface area (Å²) in [4.78, 5) is 1.64. The van der Waals surface area contributed by atoms with Gasteiger partial charge in [0.05, 0.1) is 0 Å². The number of hydrogen-bond acceptors (Lipinski definition) is 2. The molecular weight excluding hydrogens is 373 g/mol. The van der Waals surface area contributed by atoms with Gasteiger partial charge in [-0.3, -0.25) is 0 Å². The summed E-state index contributed by atoms with van der Waals surface area (Å²) in [5, 5.41) is 3.03. The summed E-state index contributed by atoms with van der Waals surface area (Å²) in [6.45, 7) is 16.5. The molecule has 0 spiro atoms. The first-order chi connectivity index (χ1) is 13.8. The zero-order valence-electron chi connectivity index (χ0n) is 19.9. The lowest BCUT2D eigenvalue weighted by molar-refractivity contribution is 0.509. The molecule has 0 heterocycles. The maximum absolute atomic E-state index is 13.1. The highest BCUT2D eigenvalue weighted by Gasteiger charge is 2.07. The Morgan fingerprint density at radius 3 is 1.52 bits per heavy atom. The molecular formula is C24H41F3N2. The van der Waals surface area contributed by atoms with Crippen LogP contribution in [-0.2, 0) is 0 Å². The molecule has 0 saturated heterocycles. The maximum atomic E-state index is 13.1. The minimum absolute atomic E-state index is 0.340. The van der Waals surface area contributed by atoms with E-state index in [2.05, 4.69) is 33.0 Å². The van der Waals surface area contributed by atoms with E-state index < -0.39 is 11.6 Å². The zero-order valence-corrected chi connectivity index (χ0v) is 19.9. The first-order valence-electron chi connectivity index (χ1n) is 10.4. The Kier molecular flexibility index (Phi) is 22.6. The van der Waals surface area contributed by atoms with E-state index in [-0.39, 0.29) is 5.82 Å². The molecule has 0 bridgehead atoms. The first-order valence-corrected chi connectivity index (χ1v) is 10.4. The number of rotatable bonds is 3. The summed E-state index contributed by atoms with van der Waals surface area (Å²) in [7, 11) is 3.64. The molecule has 0 saturated carbocycles. The van der Waals surface area contributed by atoms with E-state index in [0.717, 1.165) is 12.1 Å². The fourth-order valence-electron chi connectivity index (χ4n) is 1.51. The van der Waals surface area contributed by atoms with E-state index in [1.54, 1.807) is 24.1 Å². The van der Waals surface area contributed by atoms with Gasteiger partial charge in [0.15, 0.2) is 11.6 Å². The van der Waals surface area contributed by atoms with Crippen molar-refractivity contribution < 1.29 is 13.2 Å².